The highest BCUT2D eigenvalue weighted by Crippen LogP contribution is 2.37. The van der Waals surface area contributed by atoms with Crippen molar-refractivity contribution >= 4 is 5.69 Å². The molecule has 3 nitrogen and oxygen atoms in total. The first-order chi connectivity index (χ1) is 7.76. The van der Waals surface area contributed by atoms with Crippen LogP contribution in [-0.4, -0.2) is 18.1 Å². The normalized spacial score (nSPS) is 18.6. The van der Waals surface area contributed by atoms with Crippen LogP contribution >= 0.6 is 0 Å². The molecule has 0 atom stereocenters. The SMILES string of the molecule is Cc1cnccc1NCC1(CN)CCCC1. The molecule has 0 aliphatic heterocycles. The Bertz CT molecular complexity index is 343. The third-order valence-electron chi connectivity index (χ3n) is 3.77. The number of aromatic nitrogens is 1. The van der Waals surface area contributed by atoms with E-state index < -0.39 is 0 Å². The lowest BCUT2D eigenvalue weighted by Gasteiger charge is -2.28. The van der Waals surface area contributed by atoms with E-state index in [-0.39, 0.29) is 0 Å². The van der Waals surface area contributed by atoms with E-state index in [1.54, 1.807) is 0 Å². The predicted molar refractivity (Wildman–Crippen MR) is 67.4 cm³/mol. The van der Waals surface area contributed by atoms with E-state index in [9.17, 15) is 0 Å². The molecule has 1 aliphatic carbocycles. The minimum atomic E-state index is 0.329. The van der Waals surface area contributed by atoms with Crippen LogP contribution in [0.4, 0.5) is 5.69 Å². The number of hydrogen-bond acceptors (Lipinski definition) is 3. The Balaban J connectivity index is 1.98. The number of anilines is 1. The van der Waals surface area contributed by atoms with Gasteiger partial charge < -0.3 is 11.1 Å². The van der Waals surface area contributed by atoms with Gasteiger partial charge in [-0.2, -0.15) is 0 Å². The van der Waals surface area contributed by atoms with Crippen LogP contribution in [-0.2, 0) is 0 Å². The van der Waals surface area contributed by atoms with Gasteiger partial charge in [-0.25, -0.2) is 0 Å². The van der Waals surface area contributed by atoms with Crippen molar-refractivity contribution in [2.45, 2.75) is 32.6 Å². The fourth-order valence-electron chi connectivity index (χ4n) is 2.53. The summed E-state index contributed by atoms with van der Waals surface area (Å²) >= 11 is 0. The van der Waals surface area contributed by atoms with Crippen molar-refractivity contribution in [3.63, 3.8) is 0 Å². The van der Waals surface area contributed by atoms with Crippen molar-refractivity contribution in [3.05, 3.63) is 24.0 Å². The van der Waals surface area contributed by atoms with Gasteiger partial charge >= 0.3 is 0 Å². The molecule has 3 heteroatoms. The van der Waals surface area contributed by atoms with Crippen molar-refractivity contribution in [1.29, 1.82) is 0 Å². The minimum Gasteiger partial charge on any atom is -0.384 e. The van der Waals surface area contributed by atoms with Crippen LogP contribution in [0.1, 0.15) is 31.2 Å². The Labute approximate surface area is 97.5 Å². The van der Waals surface area contributed by atoms with E-state index >= 15 is 0 Å². The lowest BCUT2D eigenvalue weighted by molar-refractivity contribution is 0.332. The molecule has 88 valence electrons. The van der Waals surface area contributed by atoms with E-state index in [2.05, 4.69) is 17.2 Å². The Morgan fingerprint density at radius 3 is 2.81 bits per heavy atom. The second-order valence-electron chi connectivity index (χ2n) is 4.96. The second-order valence-corrected chi connectivity index (χ2v) is 4.96. The van der Waals surface area contributed by atoms with E-state index in [4.69, 9.17) is 5.73 Å². The van der Waals surface area contributed by atoms with Crippen LogP contribution < -0.4 is 11.1 Å². The van der Waals surface area contributed by atoms with E-state index in [1.807, 2.05) is 18.5 Å². The van der Waals surface area contributed by atoms with Crippen LogP contribution in [0.25, 0.3) is 0 Å². The third kappa shape index (κ3) is 2.35. The minimum absolute atomic E-state index is 0.329. The van der Waals surface area contributed by atoms with Gasteiger partial charge in [0.2, 0.25) is 0 Å². The highest BCUT2D eigenvalue weighted by atomic mass is 14.9. The highest BCUT2D eigenvalue weighted by Gasteiger charge is 2.32. The maximum absolute atomic E-state index is 5.92. The summed E-state index contributed by atoms with van der Waals surface area (Å²) in [6.45, 7) is 3.87. The molecular weight excluding hydrogens is 198 g/mol. The van der Waals surface area contributed by atoms with Gasteiger partial charge in [-0.3, -0.25) is 4.98 Å². The fraction of sp³-hybridized carbons (Fsp3) is 0.615. The smallest absolute Gasteiger partial charge is 0.0400 e. The van der Waals surface area contributed by atoms with Crippen molar-refractivity contribution in [2.75, 3.05) is 18.4 Å². The Morgan fingerprint density at radius 2 is 2.19 bits per heavy atom. The molecule has 0 saturated heterocycles. The van der Waals surface area contributed by atoms with E-state index in [0.717, 1.165) is 13.1 Å². The van der Waals surface area contributed by atoms with Gasteiger partial charge in [0.25, 0.3) is 0 Å². The van der Waals surface area contributed by atoms with E-state index in [1.165, 1.54) is 36.9 Å². The molecule has 0 aromatic carbocycles. The summed E-state index contributed by atoms with van der Waals surface area (Å²) in [5, 5.41) is 3.53. The first-order valence-corrected chi connectivity index (χ1v) is 6.10. The largest absolute Gasteiger partial charge is 0.384 e. The van der Waals surface area contributed by atoms with Gasteiger partial charge in [0, 0.05) is 24.6 Å². The van der Waals surface area contributed by atoms with Crippen LogP contribution in [0.2, 0.25) is 0 Å². The highest BCUT2D eigenvalue weighted by molar-refractivity contribution is 5.48. The van der Waals surface area contributed by atoms with Crippen LogP contribution in [0, 0.1) is 12.3 Å². The lowest BCUT2D eigenvalue weighted by Crippen LogP contribution is -2.34. The monoisotopic (exact) mass is 219 g/mol. The molecule has 0 spiro atoms. The predicted octanol–water partition coefficient (Wildman–Crippen LogP) is 2.32. The summed E-state index contributed by atoms with van der Waals surface area (Å²) in [6.07, 6.45) is 8.91. The van der Waals surface area contributed by atoms with Crippen molar-refractivity contribution < 1.29 is 0 Å². The number of nitrogens with zero attached hydrogens (tertiary/aromatic N) is 1. The van der Waals surface area contributed by atoms with Crippen molar-refractivity contribution in [1.82, 2.24) is 4.98 Å². The van der Waals surface area contributed by atoms with Crippen molar-refractivity contribution in [3.8, 4) is 0 Å². The number of hydrogen-bond donors (Lipinski definition) is 2. The topological polar surface area (TPSA) is 50.9 Å². The fourth-order valence-corrected chi connectivity index (χ4v) is 2.53. The number of nitrogens with two attached hydrogens (primary N) is 1. The maximum atomic E-state index is 5.92. The first kappa shape index (κ1) is 11.4. The van der Waals surface area contributed by atoms with Crippen LogP contribution in [0.15, 0.2) is 18.5 Å². The molecule has 1 heterocycles. The average Bonchev–Trinajstić information content (AvgIpc) is 2.78. The molecule has 1 fully saturated rings. The summed E-state index contributed by atoms with van der Waals surface area (Å²) in [7, 11) is 0. The first-order valence-electron chi connectivity index (χ1n) is 6.10. The van der Waals surface area contributed by atoms with Gasteiger partial charge in [-0.15, -0.1) is 0 Å². The summed E-state index contributed by atoms with van der Waals surface area (Å²) in [6, 6.07) is 2.04. The van der Waals surface area contributed by atoms with Gasteiger partial charge in [0.15, 0.2) is 0 Å². The molecule has 2 rings (SSSR count). The molecule has 0 bridgehead atoms. The summed E-state index contributed by atoms with van der Waals surface area (Å²) in [4.78, 5) is 4.10. The third-order valence-corrected chi connectivity index (χ3v) is 3.77. The Morgan fingerprint density at radius 1 is 1.44 bits per heavy atom. The molecule has 3 N–H and O–H groups in total. The Hall–Kier alpha value is -1.09. The Kier molecular flexibility index (Phi) is 3.44. The molecule has 0 amide bonds. The van der Waals surface area contributed by atoms with Crippen LogP contribution in [0.5, 0.6) is 0 Å². The zero-order chi connectivity index (χ0) is 11.4. The van der Waals surface area contributed by atoms with Gasteiger partial charge in [0.1, 0.15) is 0 Å². The standard InChI is InChI=1S/C13H21N3/c1-11-8-15-7-4-12(11)16-10-13(9-14)5-2-3-6-13/h4,7-8H,2-3,5-6,9-10,14H2,1H3,(H,15,16). The number of pyridine rings is 1. The van der Waals surface area contributed by atoms with Gasteiger partial charge in [-0.05, 0) is 43.4 Å². The molecule has 1 aliphatic rings. The van der Waals surface area contributed by atoms with E-state index in [0.29, 0.717) is 5.41 Å². The molecule has 1 aromatic rings. The zero-order valence-corrected chi connectivity index (χ0v) is 10.00. The lowest BCUT2D eigenvalue weighted by atomic mass is 9.86. The summed E-state index contributed by atoms with van der Waals surface area (Å²) < 4.78 is 0. The molecule has 1 aromatic heterocycles. The molecular formula is C13H21N3. The van der Waals surface area contributed by atoms with Crippen molar-refractivity contribution in [2.24, 2.45) is 11.1 Å². The number of aryl methyl sites for hydroxylation is 1. The van der Waals surface area contributed by atoms with Gasteiger partial charge in [0.05, 0.1) is 0 Å². The maximum Gasteiger partial charge on any atom is 0.0400 e. The molecule has 16 heavy (non-hydrogen) atoms. The number of nitrogens with one attached hydrogen (secondary N) is 1. The summed E-state index contributed by atoms with van der Waals surface area (Å²) in [5.41, 5.74) is 8.64. The summed E-state index contributed by atoms with van der Waals surface area (Å²) in [5.74, 6) is 0. The number of rotatable bonds is 4. The molecule has 1 saturated carbocycles. The zero-order valence-electron chi connectivity index (χ0n) is 10.00. The average molecular weight is 219 g/mol. The van der Waals surface area contributed by atoms with Gasteiger partial charge in [-0.1, -0.05) is 12.8 Å². The molecule has 0 radical (unpaired) electrons. The van der Waals surface area contributed by atoms with Crippen LogP contribution in [0.3, 0.4) is 0 Å². The molecule has 0 unspecified atom stereocenters. The second kappa shape index (κ2) is 4.83. The quantitative estimate of drug-likeness (QED) is 0.817.